The van der Waals surface area contributed by atoms with E-state index in [-0.39, 0.29) is 36.9 Å². The third kappa shape index (κ3) is 18.5. The largest absolute Gasteiger partial charge is 0.500 e. The van der Waals surface area contributed by atoms with Crippen molar-refractivity contribution in [1.82, 2.24) is 16.0 Å². The number of rotatable bonds is 19. The van der Waals surface area contributed by atoms with Gasteiger partial charge in [0.15, 0.2) is 0 Å². The van der Waals surface area contributed by atoms with Gasteiger partial charge in [-0.05, 0) is 40.0 Å². The Hall–Kier alpha value is -1.73. The highest BCUT2D eigenvalue weighted by Gasteiger charge is 2.39. The van der Waals surface area contributed by atoms with E-state index in [9.17, 15) is 14.4 Å². The van der Waals surface area contributed by atoms with Gasteiger partial charge in [-0.2, -0.15) is 0 Å². The van der Waals surface area contributed by atoms with Crippen LogP contribution in [0.5, 0.6) is 0 Å². The van der Waals surface area contributed by atoms with Crippen LogP contribution in [0.3, 0.4) is 0 Å². The standard InChI is InChI=1S/C17H36N2O6Si.C7H15NO2/c1-6-15(5)16(20)18-12-13-22-17(21)19-11-10-14-26(23-7-2,24-8-3)25-9-4;1-3-6(2)7(10)8-4-5-9/h15H,6-14H2,1-5H3,(H,18,20)(H,19,21);6,9H,3-5H2,1-2H3,(H,8,10). The van der Waals surface area contributed by atoms with E-state index in [1.165, 1.54) is 0 Å². The Kier molecular flexibility index (Phi) is 23.9. The maximum absolute atomic E-state index is 11.7. The van der Waals surface area contributed by atoms with E-state index in [1.807, 2.05) is 48.5 Å². The molecule has 2 atom stereocenters. The molecule has 0 aliphatic rings. The topological polar surface area (TPSA) is 144 Å². The van der Waals surface area contributed by atoms with E-state index in [0.29, 0.717) is 51.9 Å². The number of aliphatic hydroxyl groups excluding tert-OH is 1. The molecule has 0 saturated carbocycles. The van der Waals surface area contributed by atoms with Crippen LogP contribution in [0.1, 0.15) is 67.7 Å². The van der Waals surface area contributed by atoms with Gasteiger partial charge < -0.3 is 39.1 Å². The zero-order chi connectivity index (χ0) is 27.8. The number of hydrogen-bond donors (Lipinski definition) is 4. The van der Waals surface area contributed by atoms with Gasteiger partial charge in [-0.1, -0.05) is 27.7 Å². The van der Waals surface area contributed by atoms with Crippen LogP contribution in [0.25, 0.3) is 0 Å². The van der Waals surface area contributed by atoms with Crippen molar-refractivity contribution in [3.05, 3.63) is 0 Å². The molecule has 0 rings (SSSR count). The molecule has 0 saturated heterocycles. The lowest BCUT2D eigenvalue weighted by atomic mass is 10.1. The van der Waals surface area contributed by atoms with Gasteiger partial charge in [-0.25, -0.2) is 4.79 Å². The van der Waals surface area contributed by atoms with Crippen LogP contribution in [0.2, 0.25) is 6.04 Å². The zero-order valence-electron chi connectivity index (χ0n) is 23.4. The number of alkyl carbamates (subject to hydrolysis) is 1. The highest BCUT2D eigenvalue weighted by atomic mass is 28.4. The minimum atomic E-state index is -2.67. The molecule has 0 aromatic carbocycles. The molecule has 36 heavy (non-hydrogen) atoms. The molecule has 0 aromatic rings. The molecule has 11 nitrogen and oxygen atoms in total. The molecular weight excluding hydrogens is 486 g/mol. The molecule has 3 amide bonds. The first-order valence-corrected chi connectivity index (χ1v) is 15.1. The zero-order valence-corrected chi connectivity index (χ0v) is 24.4. The third-order valence-electron chi connectivity index (χ3n) is 5.19. The SMILES string of the molecule is CCC(C)C(=O)NCCO.CCO[Si](CCCNC(=O)OCCNC(=O)C(C)CC)(OCC)OCC. The van der Waals surface area contributed by atoms with Crippen molar-refractivity contribution in [1.29, 1.82) is 0 Å². The Morgan fingerprint density at radius 1 is 0.750 bits per heavy atom. The second-order valence-electron chi connectivity index (χ2n) is 8.07. The molecular formula is C24H51N3O8Si. The summed E-state index contributed by atoms with van der Waals surface area (Å²) in [5, 5.41) is 16.4. The lowest BCUT2D eigenvalue weighted by molar-refractivity contribution is -0.125. The second kappa shape index (κ2) is 23.7. The van der Waals surface area contributed by atoms with Gasteiger partial charge in [0.25, 0.3) is 0 Å². The molecule has 0 aliphatic heterocycles. The van der Waals surface area contributed by atoms with Crippen molar-refractivity contribution in [3.8, 4) is 0 Å². The van der Waals surface area contributed by atoms with Crippen LogP contribution in [0.4, 0.5) is 4.79 Å². The van der Waals surface area contributed by atoms with Crippen molar-refractivity contribution < 1.29 is 37.5 Å². The van der Waals surface area contributed by atoms with E-state index >= 15 is 0 Å². The van der Waals surface area contributed by atoms with E-state index < -0.39 is 14.9 Å². The highest BCUT2D eigenvalue weighted by Crippen LogP contribution is 2.17. The fourth-order valence-electron chi connectivity index (χ4n) is 2.76. The monoisotopic (exact) mass is 537 g/mol. The Morgan fingerprint density at radius 2 is 1.22 bits per heavy atom. The fourth-order valence-corrected chi connectivity index (χ4v) is 5.38. The van der Waals surface area contributed by atoms with Gasteiger partial charge in [0, 0.05) is 50.8 Å². The Balaban J connectivity index is 0. The van der Waals surface area contributed by atoms with Crippen LogP contribution in [0, 0.1) is 11.8 Å². The van der Waals surface area contributed by atoms with E-state index in [1.54, 1.807) is 0 Å². The van der Waals surface area contributed by atoms with Crippen molar-refractivity contribution in [2.75, 3.05) is 52.7 Å². The number of hydrogen-bond acceptors (Lipinski definition) is 8. The second-order valence-corrected chi connectivity index (χ2v) is 10.8. The molecule has 0 fully saturated rings. The summed E-state index contributed by atoms with van der Waals surface area (Å²) >= 11 is 0. The highest BCUT2D eigenvalue weighted by molar-refractivity contribution is 6.60. The number of carbonyl (C=O) groups excluding carboxylic acids is 3. The molecule has 2 unspecified atom stereocenters. The summed E-state index contributed by atoms with van der Waals surface area (Å²) in [5.74, 6) is 0.0259. The normalized spacial score (nSPS) is 12.6. The van der Waals surface area contributed by atoms with Crippen LogP contribution < -0.4 is 16.0 Å². The first kappa shape index (κ1) is 36.4. The lowest BCUT2D eigenvalue weighted by Gasteiger charge is -2.28. The quantitative estimate of drug-likeness (QED) is 0.145. The van der Waals surface area contributed by atoms with Gasteiger partial charge >= 0.3 is 14.9 Å². The van der Waals surface area contributed by atoms with Gasteiger partial charge in [-0.15, -0.1) is 0 Å². The maximum Gasteiger partial charge on any atom is 0.500 e. The predicted molar refractivity (Wildman–Crippen MR) is 141 cm³/mol. The van der Waals surface area contributed by atoms with Crippen LogP contribution in [-0.2, 0) is 27.6 Å². The van der Waals surface area contributed by atoms with Gasteiger partial charge in [-0.3, -0.25) is 9.59 Å². The number of nitrogens with one attached hydrogen (secondary N) is 3. The Bertz CT molecular complexity index is 567. The third-order valence-corrected chi connectivity index (χ3v) is 8.34. The first-order valence-electron chi connectivity index (χ1n) is 13.1. The summed E-state index contributed by atoms with van der Waals surface area (Å²) in [6.45, 7) is 16.3. The molecule has 0 spiro atoms. The van der Waals surface area contributed by atoms with Crippen molar-refractivity contribution in [2.24, 2.45) is 11.8 Å². The molecule has 0 bridgehead atoms. The van der Waals surface area contributed by atoms with Crippen LogP contribution >= 0.6 is 0 Å². The minimum absolute atomic E-state index is 0.0160. The molecule has 0 aliphatic carbocycles. The summed E-state index contributed by atoms with van der Waals surface area (Å²) < 4.78 is 22.3. The number of carbonyl (C=O) groups is 3. The summed E-state index contributed by atoms with van der Waals surface area (Å²) in [6.07, 6.45) is 1.80. The minimum Gasteiger partial charge on any atom is -0.448 e. The average Bonchev–Trinajstić information content (AvgIpc) is 2.87. The number of amides is 3. The van der Waals surface area contributed by atoms with Crippen molar-refractivity contribution in [3.63, 3.8) is 0 Å². The molecule has 214 valence electrons. The fraction of sp³-hybridized carbons (Fsp3) is 0.875. The van der Waals surface area contributed by atoms with Crippen molar-refractivity contribution in [2.45, 2.75) is 73.8 Å². The van der Waals surface area contributed by atoms with Crippen LogP contribution in [0.15, 0.2) is 0 Å². The number of ether oxygens (including phenoxy) is 1. The Morgan fingerprint density at radius 3 is 1.64 bits per heavy atom. The van der Waals surface area contributed by atoms with E-state index in [2.05, 4.69) is 16.0 Å². The Labute approximate surface area is 218 Å². The first-order chi connectivity index (χ1) is 17.2. The van der Waals surface area contributed by atoms with Crippen LogP contribution in [-0.4, -0.2) is 84.5 Å². The van der Waals surface area contributed by atoms with Gasteiger partial charge in [0.05, 0.1) is 13.2 Å². The lowest BCUT2D eigenvalue weighted by Crippen LogP contribution is -2.46. The molecule has 0 radical (unpaired) electrons. The molecule has 12 heteroatoms. The van der Waals surface area contributed by atoms with E-state index in [4.69, 9.17) is 23.1 Å². The van der Waals surface area contributed by atoms with Crippen molar-refractivity contribution >= 4 is 26.7 Å². The van der Waals surface area contributed by atoms with E-state index in [0.717, 1.165) is 12.8 Å². The smallest absolute Gasteiger partial charge is 0.448 e. The van der Waals surface area contributed by atoms with Gasteiger partial charge in [0.1, 0.15) is 6.61 Å². The molecule has 0 heterocycles. The summed E-state index contributed by atoms with van der Waals surface area (Å²) in [4.78, 5) is 34.1. The van der Waals surface area contributed by atoms with Gasteiger partial charge in [0.2, 0.25) is 11.8 Å². The summed E-state index contributed by atoms with van der Waals surface area (Å²) in [5.41, 5.74) is 0. The summed E-state index contributed by atoms with van der Waals surface area (Å²) in [6, 6.07) is 0.633. The average molecular weight is 538 g/mol. The molecule has 0 aromatic heterocycles. The number of aliphatic hydroxyl groups is 1. The summed E-state index contributed by atoms with van der Waals surface area (Å²) in [7, 11) is -2.67. The predicted octanol–water partition coefficient (Wildman–Crippen LogP) is 2.45. The molecule has 4 N–H and O–H groups in total. The maximum atomic E-state index is 11.7.